The minimum atomic E-state index is -3.19. The van der Waals surface area contributed by atoms with Gasteiger partial charge < -0.3 is 9.64 Å². The average molecular weight is 269 g/mol. The Hall–Kier alpha value is -1.07. The van der Waals surface area contributed by atoms with Crippen molar-refractivity contribution in [1.82, 2.24) is 0 Å². The maximum Gasteiger partial charge on any atom is 0.177 e. The summed E-state index contributed by atoms with van der Waals surface area (Å²) in [6.07, 6.45) is 2.30. The second kappa shape index (κ2) is 5.28. The second-order valence-corrected chi connectivity index (χ2v) is 6.83. The molecule has 1 heterocycles. The van der Waals surface area contributed by atoms with Gasteiger partial charge in [-0.15, -0.1) is 0 Å². The monoisotopic (exact) mass is 269 g/mol. The van der Waals surface area contributed by atoms with Crippen LogP contribution in [0.2, 0.25) is 0 Å². The van der Waals surface area contributed by atoms with Gasteiger partial charge in [-0.2, -0.15) is 0 Å². The minimum absolute atomic E-state index is 0.395. The zero-order valence-corrected chi connectivity index (χ0v) is 11.6. The zero-order valence-electron chi connectivity index (χ0n) is 10.8. The molecule has 0 bridgehead atoms. The highest BCUT2D eigenvalue weighted by molar-refractivity contribution is 7.90. The molecule has 5 heteroatoms. The van der Waals surface area contributed by atoms with Crippen molar-refractivity contribution in [3.8, 4) is 0 Å². The third-order valence-electron chi connectivity index (χ3n) is 3.23. The van der Waals surface area contributed by atoms with E-state index < -0.39 is 9.84 Å². The fourth-order valence-electron chi connectivity index (χ4n) is 2.30. The van der Waals surface area contributed by atoms with E-state index in [0.717, 1.165) is 31.9 Å². The predicted octanol–water partition coefficient (Wildman–Crippen LogP) is 1.56. The van der Waals surface area contributed by atoms with Gasteiger partial charge >= 0.3 is 0 Å². The molecule has 4 nitrogen and oxygen atoms in total. The Morgan fingerprint density at radius 1 is 1.39 bits per heavy atom. The van der Waals surface area contributed by atoms with Crippen LogP contribution in [-0.4, -0.2) is 41.5 Å². The van der Waals surface area contributed by atoms with E-state index in [4.69, 9.17) is 4.74 Å². The number of hydrogen-bond acceptors (Lipinski definition) is 4. The average Bonchev–Trinajstić information content (AvgIpc) is 2.80. The van der Waals surface area contributed by atoms with Gasteiger partial charge in [0.1, 0.15) is 0 Å². The molecule has 0 aliphatic carbocycles. The summed E-state index contributed by atoms with van der Waals surface area (Å²) < 4.78 is 28.8. The highest BCUT2D eigenvalue weighted by Gasteiger charge is 2.21. The van der Waals surface area contributed by atoms with Gasteiger partial charge in [0.2, 0.25) is 0 Å². The fourth-order valence-corrected chi connectivity index (χ4v) is 3.23. The van der Waals surface area contributed by atoms with Gasteiger partial charge in [-0.1, -0.05) is 12.1 Å². The first-order valence-corrected chi connectivity index (χ1v) is 7.95. The molecule has 0 unspecified atom stereocenters. The van der Waals surface area contributed by atoms with E-state index in [2.05, 4.69) is 0 Å². The summed E-state index contributed by atoms with van der Waals surface area (Å²) >= 11 is 0. The van der Waals surface area contributed by atoms with Gasteiger partial charge in [-0.3, -0.25) is 0 Å². The maximum absolute atomic E-state index is 11.7. The lowest BCUT2D eigenvalue weighted by atomic mass is 10.1. The smallest absolute Gasteiger partial charge is 0.177 e. The summed E-state index contributed by atoms with van der Waals surface area (Å²) in [5, 5.41) is 0. The number of sulfone groups is 1. The highest BCUT2D eigenvalue weighted by atomic mass is 32.2. The van der Waals surface area contributed by atoms with Crippen LogP contribution >= 0.6 is 0 Å². The summed E-state index contributed by atoms with van der Waals surface area (Å²) in [4.78, 5) is 2.40. The molecule has 1 saturated heterocycles. The highest BCUT2D eigenvalue weighted by Crippen LogP contribution is 2.25. The fraction of sp³-hybridized carbons (Fsp3) is 0.538. The van der Waals surface area contributed by atoms with Crippen molar-refractivity contribution in [2.24, 2.45) is 5.92 Å². The Balaban J connectivity index is 2.21. The summed E-state index contributed by atoms with van der Waals surface area (Å²) in [6, 6.07) is 7.14. The predicted molar refractivity (Wildman–Crippen MR) is 71.7 cm³/mol. The van der Waals surface area contributed by atoms with Gasteiger partial charge in [0.15, 0.2) is 9.84 Å². The molecule has 1 aromatic carbocycles. The van der Waals surface area contributed by atoms with E-state index in [1.54, 1.807) is 12.1 Å². The molecule has 2 rings (SSSR count). The SMILES string of the molecule is CN(C[C@@H]1CCOC1)c1ccccc1S(C)(=O)=O. The molecule has 1 aromatic rings. The molecule has 1 atom stereocenters. The maximum atomic E-state index is 11.7. The van der Waals surface area contributed by atoms with Crippen LogP contribution in [0, 0.1) is 5.92 Å². The first kappa shape index (κ1) is 13.4. The lowest BCUT2D eigenvalue weighted by Crippen LogP contribution is -2.26. The topological polar surface area (TPSA) is 46.6 Å². The zero-order chi connectivity index (χ0) is 13.2. The Bertz CT molecular complexity index is 507. The van der Waals surface area contributed by atoms with Crippen molar-refractivity contribution >= 4 is 15.5 Å². The number of rotatable bonds is 4. The van der Waals surface area contributed by atoms with Gasteiger partial charge in [-0.25, -0.2) is 8.42 Å². The third-order valence-corrected chi connectivity index (χ3v) is 4.38. The van der Waals surface area contributed by atoms with E-state index in [9.17, 15) is 8.42 Å². The van der Waals surface area contributed by atoms with E-state index in [0.29, 0.717) is 10.8 Å². The van der Waals surface area contributed by atoms with Crippen molar-refractivity contribution in [2.75, 3.05) is 38.0 Å². The number of ether oxygens (including phenoxy) is 1. The van der Waals surface area contributed by atoms with Crippen molar-refractivity contribution in [2.45, 2.75) is 11.3 Å². The first-order valence-electron chi connectivity index (χ1n) is 6.06. The molecule has 0 spiro atoms. The Morgan fingerprint density at radius 3 is 2.72 bits per heavy atom. The van der Waals surface area contributed by atoms with Crippen LogP contribution in [0.3, 0.4) is 0 Å². The van der Waals surface area contributed by atoms with Gasteiger partial charge in [-0.05, 0) is 18.6 Å². The molecule has 0 radical (unpaired) electrons. The van der Waals surface area contributed by atoms with Gasteiger partial charge in [0, 0.05) is 32.4 Å². The van der Waals surface area contributed by atoms with Crippen LogP contribution in [-0.2, 0) is 14.6 Å². The van der Waals surface area contributed by atoms with Crippen LogP contribution in [0.5, 0.6) is 0 Å². The Labute approximate surface area is 108 Å². The van der Waals surface area contributed by atoms with Crippen LogP contribution in [0.15, 0.2) is 29.2 Å². The van der Waals surface area contributed by atoms with Crippen molar-refractivity contribution in [1.29, 1.82) is 0 Å². The lowest BCUT2D eigenvalue weighted by Gasteiger charge is -2.24. The number of anilines is 1. The lowest BCUT2D eigenvalue weighted by molar-refractivity contribution is 0.186. The molecule has 18 heavy (non-hydrogen) atoms. The van der Waals surface area contributed by atoms with Gasteiger partial charge in [0.25, 0.3) is 0 Å². The van der Waals surface area contributed by atoms with Crippen molar-refractivity contribution in [3.05, 3.63) is 24.3 Å². The molecule has 1 aliphatic rings. The molecule has 0 aromatic heterocycles. The Morgan fingerprint density at radius 2 is 2.11 bits per heavy atom. The quantitative estimate of drug-likeness (QED) is 0.832. The normalized spacial score (nSPS) is 20.0. The van der Waals surface area contributed by atoms with E-state index >= 15 is 0 Å². The molecule has 100 valence electrons. The summed E-state index contributed by atoms with van der Waals surface area (Å²) in [6.45, 7) is 2.41. The van der Waals surface area contributed by atoms with E-state index in [-0.39, 0.29) is 0 Å². The van der Waals surface area contributed by atoms with E-state index in [1.165, 1.54) is 6.26 Å². The van der Waals surface area contributed by atoms with Crippen molar-refractivity contribution in [3.63, 3.8) is 0 Å². The van der Waals surface area contributed by atoms with Crippen LogP contribution in [0.25, 0.3) is 0 Å². The van der Waals surface area contributed by atoms with Crippen LogP contribution in [0.1, 0.15) is 6.42 Å². The molecule has 0 amide bonds. The minimum Gasteiger partial charge on any atom is -0.381 e. The second-order valence-electron chi connectivity index (χ2n) is 4.85. The molecular weight excluding hydrogens is 250 g/mol. The standard InChI is InChI=1S/C13H19NO3S/c1-14(9-11-7-8-17-10-11)12-5-3-4-6-13(12)18(2,15)16/h3-6,11H,7-10H2,1-2H3/t11-/m0/s1. The molecule has 0 N–H and O–H groups in total. The summed E-state index contributed by atoms with van der Waals surface area (Å²) in [7, 11) is -1.25. The van der Waals surface area contributed by atoms with Crippen LogP contribution < -0.4 is 4.90 Å². The molecule has 1 fully saturated rings. The van der Waals surface area contributed by atoms with Gasteiger partial charge in [0.05, 0.1) is 17.2 Å². The Kier molecular flexibility index (Phi) is 3.92. The molecule has 0 saturated carbocycles. The number of para-hydroxylation sites is 1. The van der Waals surface area contributed by atoms with E-state index in [1.807, 2.05) is 24.1 Å². The largest absolute Gasteiger partial charge is 0.381 e. The van der Waals surface area contributed by atoms with Crippen molar-refractivity contribution < 1.29 is 13.2 Å². The summed E-state index contributed by atoms with van der Waals surface area (Å²) in [5.41, 5.74) is 0.770. The number of benzene rings is 1. The molecule has 1 aliphatic heterocycles. The number of nitrogens with zero attached hydrogens (tertiary/aromatic N) is 1. The first-order chi connectivity index (χ1) is 8.48. The number of hydrogen-bond donors (Lipinski definition) is 0. The summed E-state index contributed by atoms with van der Waals surface area (Å²) in [5.74, 6) is 0.489. The third kappa shape index (κ3) is 3.03. The molecular formula is C13H19NO3S. The van der Waals surface area contributed by atoms with Crippen LogP contribution in [0.4, 0.5) is 5.69 Å².